The molecule has 146 valence electrons. The number of anilines is 1. The molecule has 1 N–H and O–H groups in total. The third kappa shape index (κ3) is 5.06. The molecule has 0 spiro atoms. The van der Waals surface area contributed by atoms with Crippen LogP contribution in [0.25, 0.3) is 11.4 Å². The molecule has 2 heterocycles. The molecule has 1 atom stereocenters. The molecule has 27 heavy (non-hydrogen) atoms. The molecule has 0 aliphatic carbocycles. The van der Waals surface area contributed by atoms with Gasteiger partial charge in [-0.3, -0.25) is 4.79 Å². The van der Waals surface area contributed by atoms with Gasteiger partial charge in [0.2, 0.25) is 0 Å². The van der Waals surface area contributed by atoms with E-state index in [1.165, 1.54) is 13.3 Å². The van der Waals surface area contributed by atoms with Crippen molar-refractivity contribution in [2.75, 3.05) is 11.9 Å². The predicted octanol–water partition coefficient (Wildman–Crippen LogP) is 3.58. The van der Waals surface area contributed by atoms with E-state index < -0.39 is 24.8 Å². The standard InChI is InChI=1S/C18H21F3N4O2/c1-12(27-11-18(19,20)21)17(26)22-14-8-6-13(7-9-14)16-24-23-15-5-3-2-4-10-25(15)16/h6-9,12H,2-5,10-11H2,1H3,(H,22,26). The molecule has 0 bridgehead atoms. The number of ether oxygens (including phenoxy) is 1. The monoisotopic (exact) mass is 382 g/mol. The summed E-state index contributed by atoms with van der Waals surface area (Å²) in [7, 11) is 0. The van der Waals surface area contributed by atoms with Crippen molar-refractivity contribution in [3.05, 3.63) is 30.1 Å². The Labute approximate surface area is 154 Å². The summed E-state index contributed by atoms with van der Waals surface area (Å²) in [5.41, 5.74) is 1.34. The van der Waals surface area contributed by atoms with Gasteiger partial charge in [-0.25, -0.2) is 0 Å². The zero-order valence-electron chi connectivity index (χ0n) is 14.9. The number of hydrogen-bond acceptors (Lipinski definition) is 4. The SMILES string of the molecule is CC(OCC(F)(F)F)C(=O)Nc1ccc(-c2nnc3n2CCCCC3)cc1. The van der Waals surface area contributed by atoms with Gasteiger partial charge in [0.05, 0.1) is 0 Å². The largest absolute Gasteiger partial charge is 0.411 e. The fourth-order valence-electron chi connectivity index (χ4n) is 2.94. The number of fused-ring (bicyclic) bond motifs is 1. The van der Waals surface area contributed by atoms with Crippen molar-refractivity contribution in [3.8, 4) is 11.4 Å². The van der Waals surface area contributed by atoms with Crippen LogP contribution in [0.5, 0.6) is 0 Å². The van der Waals surface area contributed by atoms with Crippen LogP contribution in [0.15, 0.2) is 24.3 Å². The lowest BCUT2D eigenvalue weighted by molar-refractivity contribution is -0.184. The van der Waals surface area contributed by atoms with Crippen LogP contribution in [0, 0.1) is 0 Å². The Kier molecular flexibility index (Phi) is 5.79. The van der Waals surface area contributed by atoms with Gasteiger partial charge < -0.3 is 14.6 Å². The molecule has 0 radical (unpaired) electrons. The van der Waals surface area contributed by atoms with E-state index in [0.29, 0.717) is 5.69 Å². The van der Waals surface area contributed by atoms with E-state index in [2.05, 4.69) is 24.8 Å². The number of nitrogens with zero attached hydrogens (tertiary/aromatic N) is 3. The summed E-state index contributed by atoms with van der Waals surface area (Å²) in [4.78, 5) is 11.9. The number of aryl methyl sites for hydroxylation is 1. The Balaban J connectivity index is 1.64. The highest BCUT2D eigenvalue weighted by atomic mass is 19.4. The van der Waals surface area contributed by atoms with Gasteiger partial charge >= 0.3 is 6.18 Å². The van der Waals surface area contributed by atoms with Gasteiger partial charge in [-0.2, -0.15) is 13.2 Å². The Hall–Kier alpha value is -2.42. The lowest BCUT2D eigenvalue weighted by Crippen LogP contribution is -2.31. The molecule has 1 unspecified atom stereocenters. The molecule has 1 aromatic heterocycles. The second kappa shape index (κ2) is 8.08. The predicted molar refractivity (Wildman–Crippen MR) is 93.1 cm³/mol. The molecule has 1 aromatic carbocycles. The summed E-state index contributed by atoms with van der Waals surface area (Å²) in [5, 5.41) is 11.1. The molecule has 3 rings (SSSR count). The highest BCUT2D eigenvalue weighted by Gasteiger charge is 2.30. The smallest absolute Gasteiger partial charge is 0.359 e. The first kappa shape index (κ1) is 19.3. The number of aromatic nitrogens is 3. The van der Waals surface area contributed by atoms with Gasteiger partial charge in [-0.15, -0.1) is 10.2 Å². The number of benzene rings is 1. The van der Waals surface area contributed by atoms with Crippen LogP contribution >= 0.6 is 0 Å². The Bertz CT molecular complexity index is 787. The molecule has 0 fully saturated rings. The third-order valence-electron chi connectivity index (χ3n) is 4.39. The number of carbonyl (C=O) groups is 1. The van der Waals surface area contributed by atoms with Gasteiger partial charge in [0.1, 0.15) is 18.5 Å². The molecule has 6 nitrogen and oxygen atoms in total. The Morgan fingerprint density at radius 1 is 1.22 bits per heavy atom. The minimum Gasteiger partial charge on any atom is -0.359 e. The van der Waals surface area contributed by atoms with Crippen molar-refractivity contribution >= 4 is 11.6 Å². The van der Waals surface area contributed by atoms with Gasteiger partial charge in [-0.1, -0.05) is 6.42 Å². The lowest BCUT2D eigenvalue weighted by Gasteiger charge is -2.15. The van der Waals surface area contributed by atoms with Crippen molar-refractivity contribution in [1.29, 1.82) is 0 Å². The van der Waals surface area contributed by atoms with Crippen molar-refractivity contribution in [2.45, 2.75) is 51.4 Å². The van der Waals surface area contributed by atoms with Gasteiger partial charge in [0, 0.05) is 24.2 Å². The first-order valence-electron chi connectivity index (χ1n) is 8.85. The highest BCUT2D eigenvalue weighted by Crippen LogP contribution is 2.24. The average Bonchev–Trinajstić information content (AvgIpc) is 2.88. The van der Waals surface area contributed by atoms with Crippen LogP contribution in [-0.4, -0.2) is 39.6 Å². The summed E-state index contributed by atoms with van der Waals surface area (Å²) >= 11 is 0. The second-order valence-electron chi connectivity index (χ2n) is 6.54. The number of hydrogen-bond donors (Lipinski definition) is 1. The van der Waals surface area contributed by atoms with Crippen molar-refractivity contribution in [3.63, 3.8) is 0 Å². The molecule has 1 aliphatic heterocycles. The molecule has 9 heteroatoms. The van der Waals surface area contributed by atoms with Crippen LogP contribution in [0.4, 0.5) is 18.9 Å². The molecule has 0 saturated carbocycles. The summed E-state index contributed by atoms with van der Waals surface area (Å²) in [6.07, 6.45) is -1.40. The maximum absolute atomic E-state index is 12.2. The maximum Gasteiger partial charge on any atom is 0.411 e. The third-order valence-corrected chi connectivity index (χ3v) is 4.39. The molecule has 0 saturated heterocycles. The van der Waals surface area contributed by atoms with Crippen molar-refractivity contribution < 1.29 is 22.7 Å². The summed E-state index contributed by atoms with van der Waals surface area (Å²) in [5.74, 6) is 1.13. The number of carbonyl (C=O) groups excluding carboxylic acids is 1. The molecule has 1 amide bonds. The van der Waals surface area contributed by atoms with E-state index in [1.54, 1.807) is 24.3 Å². The zero-order chi connectivity index (χ0) is 19.4. The van der Waals surface area contributed by atoms with Crippen molar-refractivity contribution in [1.82, 2.24) is 14.8 Å². The van der Waals surface area contributed by atoms with E-state index in [-0.39, 0.29) is 0 Å². The lowest BCUT2D eigenvalue weighted by atomic mass is 10.2. The highest BCUT2D eigenvalue weighted by molar-refractivity contribution is 5.94. The normalized spacial score (nSPS) is 15.7. The Morgan fingerprint density at radius 3 is 2.67 bits per heavy atom. The molecular formula is C18H21F3N4O2. The first-order valence-corrected chi connectivity index (χ1v) is 8.85. The van der Waals surface area contributed by atoms with Crippen LogP contribution in [0.1, 0.15) is 32.0 Å². The van der Waals surface area contributed by atoms with Crippen LogP contribution < -0.4 is 5.32 Å². The van der Waals surface area contributed by atoms with E-state index in [4.69, 9.17) is 0 Å². The minimum absolute atomic E-state index is 0.474. The number of nitrogens with one attached hydrogen (secondary N) is 1. The van der Waals surface area contributed by atoms with Crippen LogP contribution in [0.2, 0.25) is 0 Å². The van der Waals surface area contributed by atoms with E-state index >= 15 is 0 Å². The van der Waals surface area contributed by atoms with Gasteiger partial charge in [0.15, 0.2) is 5.82 Å². The molecule has 1 aliphatic rings. The zero-order valence-corrected chi connectivity index (χ0v) is 14.9. The number of rotatable bonds is 5. The minimum atomic E-state index is -4.47. The van der Waals surface area contributed by atoms with E-state index in [9.17, 15) is 18.0 Å². The van der Waals surface area contributed by atoms with Gasteiger partial charge in [0.25, 0.3) is 5.91 Å². The Morgan fingerprint density at radius 2 is 1.96 bits per heavy atom. The maximum atomic E-state index is 12.2. The number of halogens is 3. The summed E-state index contributed by atoms with van der Waals surface area (Å²) < 4.78 is 43.1. The quantitative estimate of drug-likeness (QED) is 0.858. The van der Waals surface area contributed by atoms with Crippen LogP contribution in [0.3, 0.4) is 0 Å². The molecular weight excluding hydrogens is 361 g/mol. The summed E-state index contributed by atoms with van der Waals surface area (Å²) in [6, 6.07) is 6.97. The first-order chi connectivity index (χ1) is 12.8. The fourth-order valence-corrected chi connectivity index (χ4v) is 2.94. The summed E-state index contributed by atoms with van der Waals surface area (Å²) in [6.45, 7) is 0.698. The second-order valence-corrected chi connectivity index (χ2v) is 6.54. The number of amides is 1. The molecule has 2 aromatic rings. The average molecular weight is 382 g/mol. The number of alkyl halides is 3. The topological polar surface area (TPSA) is 69.0 Å². The fraction of sp³-hybridized carbons (Fsp3) is 0.500. The van der Waals surface area contributed by atoms with Crippen LogP contribution in [-0.2, 0) is 22.5 Å². The van der Waals surface area contributed by atoms with Gasteiger partial charge in [-0.05, 0) is 44.0 Å². The van der Waals surface area contributed by atoms with Crippen molar-refractivity contribution in [2.24, 2.45) is 0 Å². The van der Waals surface area contributed by atoms with E-state index in [0.717, 1.165) is 43.0 Å². The van der Waals surface area contributed by atoms with E-state index in [1.807, 2.05) is 0 Å².